The van der Waals surface area contributed by atoms with Crippen molar-refractivity contribution >= 4 is 22.9 Å². The molecule has 1 aliphatic rings. The lowest BCUT2D eigenvalue weighted by Crippen LogP contribution is -2.49. The zero-order chi connectivity index (χ0) is 19.0. The Morgan fingerprint density at radius 3 is 2.33 bits per heavy atom. The maximum Gasteiger partial charge on any atom is 0.257 e. The lowest BCUT2D eigenvalue weighted by Gasteiger charge is -2.36. The maximum absolute atomic E-state index is 13.3. The number of carbonyl (C=O) groups excluding carboxylic acids is 1. The van der Waals surface area contributed by atoms with Crippen LogP contribution in [0.25, 0.3) is 5.00 Å². The van der Waals surface area contributed by atoms with Crippen molar-refractivity contribution in [2.75, 3.05) is 31.1 Å². The van der Waals surface area contributed by atoms with Gasteiger partial charge in [-0.2, -0.15) is 0 Å². The van der Waals surface area contributed by atoms with Gasteiger partial charge in [-0.1, -0.05) is 12.1 Å². The lowest BCUT2D eigenvalue weighted by atomic mass is 10.1. The van der Waals surface area contributed by atoms with Gasteiger partial charge in [0.1, 0.15) is 5.00 Å². The van der Waals surface area contributed by atoms with Gasteiger partial charge in [0, 0.05) is 49.1 Å². The molecule has 0 spiro atoms. The van der Waals surface area contributed by atoms with Gasteiger partial charge >= 0.3 is 0 Å². The van der Waals surface area contributed by atoms with Crippen LogP contribution in [0.15, 0.2) is 48.8 Å². The molecule has 1 aromatic carbocycles. The molecule has 1 amide bonds. The van der Waals surface area contributed by atoms with Gasteiger partial charge in [0.2, 0.25) is 0 Å². The van der Waals surface area contributed by atoms with Gasteiger partial charge in [-0.25, -0.2) is 0 Å². The smallest absolute Gasteiger partial charge is 0.257 e. The molecule has 0 saturated carbocycles. The molecule has 4 rings (SSSR count). The Hall–Kier alpha value is -2.53. The summed E-state index contributed by atoms with van der Waals surface area (Å²) in [6.07, 6.45) is 4.02. The Morgan fingerprint density at radius 1 is 0.963 bits per heavy atom. The highest BCUT2D eigenvalue weighted by Gasteiger charge is 2.27. The molecule has 3 aromatic rings. The van der Waals surface area contributed by atoms with Crippen molar-refractivity contribution in [3.63, 3.8) is 0 Å². The first-order valence-electron chi connectivity index (χ1n) is 9.39. The predicted octanol–water partition coefficient (Wildman–Crippen LogP) is 4.43. The molecule has 1 saturated heterocycles. The quantitative estimate of drug-likeness (QED) is 0.674. The molecule has 5 heteroatoms. The third kappa shape index (κ3) is 3.39. The summed E-state index contributed by atoms with van der Waals surface area (Å²) in [6, 6.07) is 12.6. The van der Waals surface area contributed by atoms with Crippen LogP contribution in [0.3, 0.4) is 0 Å². The first kappa shape index (κ1) is 17.9. The SMILES string of the molecule is Cc1cccc(N2CCN(C(=O)c3c(-n4cccc4)sc(C)c3C)CC2)c1. The molecule has 4 nitrogen and oxygen atoms in total. The van der Waals surface area contributed by atoms with Crippen LogP contribution in [0, 0.1) is 20.8 Å². The van der Waals surface area contributed by atoms with Crippen LogP contribution in [0.5, 0.6) is 0 Å². The molecular formula is C22H25N3OS. The molecule has 0 bridgehead atoms. The van der Waals surface area contributed by atoms with Gasteiger partial charge < -0.3 is 14.4 Å². The number of hydrogen-bond acceptors (Lipinski definition) is 3. The predicted molar refractivity (Wildman–Crippen MR) is 112 cm³/mol. The van der Waals surface area contributed by atoms with Crippen molar-refractivity contribution in [3.8, 4) is 5.00 Å². The van der Waals surface area contributed by atoms with Gasteiger partial charge in [0.15, 0.2) is 0 Å². The van der Waals surface area contributed by atoms with E-state index in [1.807, 2.05) is 29.4 Å². The zero-order valence-electron chi connectivity index (χ0n) is 16.1. The standard InChI is InChI=1S/C22H25N3OS/c1-16-7-6-8-19(15-16)23-11-13-24(14-12-23)21(26)20-17(2)18(3)27-22(20)25-9-4-5-10-25/h4-10,15H,11-14H2,1-3H3. The van der Waals surface area contributed by atoms with E-state index < -0.39 is 0 Å². The number of thiophene rings is 1. The fourth-order valence-electron chi connectivity index (χ4n) is 3.66. The third-order valence-corrected chi connectivity index (χ3v) is 6.57. The summed E-state index contributed by atoms with van der Waals surface area (Å²) in [7, 11) is 0. The van der Waals surface area contributed by atoms with Crippen LogP contribution >= 0.6 is 11.3 Å². The second-order valence-electron chi connectivity index (χ2n) is 7.17. The van der Waals surface area contributed by atoms with Crippen LogP contribution in [0.2, 0.25) is 0 Å². The van der Waals surface area contributed by atoms with Crippen LogP contribution in [0.4, 0.5) is 5.69 Å². The summed E-state index contributed by atoms with van der Waals surface area (Å²) in [6.45, 7) is 9.53. The zero-order valence-corrected chi connectivity index (χ0v) is 16.9. The summed E-state index contributed by atoms with van der Waals surface area (Å²) < 4.78 is 2.06. The van der Waals surface area contributed by atoms with E-state index in [-0.39, 0.29) is 5.91 Å². The number of amides is 1. The average Bonchev–Trinajstić information content (AvgIpc) is 3.30. The van der Waals surface area contributed by atoms with Crippen molar-refractivity contribution in [2.45, 2.75) is 20.8 Å². The minimum Gasteiger partial charge on any atom is -0.368 e. The minimum atomic E-state index is 0.157. The molecule has 1 fully saturated rings. The molecule has 0 radical (unpaired) electrons. The Bertz CT molecular complexity index is 950. The number of hydrogen-bond donors (Lipinski definition) is 0. The van der Waals surface area contributed by atoms with E-state index in [0.29, 0.717) is 0 Å². The second-order valence-corrected chi connectivity index (χ2v) is 8.38. The number of nitrogens with zero attached hydrogens (tertiary/aromatic N) is 3. The van der Waals surface area contributed by atoms with E-state index in [4.69, 9.17) is 0 Å². The summed E-state index contributed by atoms with van der Waals surface area (Å²) in [5, 5.41) is 1.03. The van der Waals surface area contributed by atoms with Crippen LogP contribution < -0.4 is 4.90 Å². The largest absolute Gasteiger partial charge is 0.368 e. The number of piperazine rings is 1. The van der Waals surface area contributed by atoms with Crippen LogP contribution in [0.1, 0.15) is 26.4 Å². The van der Waals surface area contributed by atoms with Crippen LogP contribution in [-0.4, -0.2) is 41.6 Å². The number of anilines is 1. The van der Waals surface area contributed by atoms with Crippen molar-refractivity contribution < 1.29 is 4.79 Å². The van der Waals surface area contributed by atoms with Crippen LogP contribution in [-0.2, 0) is 0 Å². The van der Waals surface area contributed by atoms with E-state index in [9.17, 15) is 4.79 Å². The molecule has 3 heterocycles. The van der Waals surface area contributed by atoms with Gasteiger partial charge in [-0.05, 0) is 56.2 Å². The van der Waals surface area contributed by atoms with Crippen molar-refractivity contribution in [2.24, 2.45) is 0 Å². The van der Waals surface area contributed by atoms with Crippen molar-refractivity contribution in [3.05, 3.63) is 70.4 Å². The van der Waals surface area contributed by atoms with E-state index >= 15 is 0 Å². The molecular weight excluding hydrogens is 354 g/mol. The highest BCUT2D eigenvalue weighted by atomic mass is 32.1. The Morgan fingerprint density at radius 2 is 1.67 bits per heavy atom. The van der Waals surface area contributed by atoms with Gasteiger partial charge in [0.25, 0.3) is 5.91 Å². The lowest BCUT2D eigenvalue weighted by molar-refractivity contribution is 0.0746. The normalized spacial score (nSPS) is 14.6. The van der Waals surface area contributed by atoms with E-state index in [1.54, 1.807) is 11.3 Å². The molecule has 0 N–H and O–H groups in total. The summed E-state index contributed by atoms with van der Waals surface area (Å²) in [5.41, 5.74) is 4.48. The Kier molecular flexibility index (Phi) is 4.79. The number of aryl methyl sites for hydroxylation is 2. The van der Waals surface area contributed by atoms with Gasteiger partial charge in [-0.3, -0.25) is 4.79 Å². The van der Waals surface area contributed by atoms with E-state index in [2.05, 4.69) is 54.5 Å². The number of benzene rings is 1. The van der Waals surface area contributed by atoms with Crippen molar-refractivity contribution in [1.82, 2.24) is 9.47 Å². The molecule has 0 atom stereocenters. The average molecular weight is 380 g/mol. The summed E-state index contributed by atoms with van der Waals surface area (Å²) >= 11 is 1.70. The number of rotatable bonds is 3. The van der Waals surface area contributed by atoms with E-state index in [1.165, 1.54) is 16.1 Å². The highest BCUT2D eigenvalue weighted by Crippen LogP contribution is 2.32. The van der Waals surface area contributed by atoms with Gasteiger partial charge in [-0.15, -0.1) is 11.3 Å². The number of carbonyl (C=O) groups is 1. The topological polar surface area (TPSA) is 28.5 Å². The highest BCUT2D eigenvalue weighted by molar-refractivity contribution is 7.15. The van der Waals surface area contributed by atoms with Crippen molar-refractivity contribution in [1.29, 1.82) is 0 Å². The Balaban J connectivity index is 1.54. The fraction of sp³-hybridized carbons (Fsp3) is 0.318. The molecule has 1 aliphatic heterocycles. The van der Waals surface area contributed by atoms with E-state index in [0.717, 1.165) is 42.3 Å². The molecule has 2 aromatic heterocycles. The van der Waals surface area contributed by atoms with Gasteiger partial charge in [0.05, 0.1) is 5.56 Å². The molecule has 27 heavy (non-hydrogen) atoms. The number of aromatic nitrogens is 1. The maximum atomic E-state index is 13.3. The molecule has 140 valence electrons. The third-order valence-electron chi connectivity index (χ3n) is 5.35. The Labute approximate surface area is 164 Å². The summed E-state index contributed by atoms with van der Waals surface area (Å²) in [4.78, 5) is 18.9. The monoisotopic (exact) mass is 379 g/mol. The molecule has 0 aliphatic carbocycles. The molecule has 0 unspecified atom stereocenters. The minimum absolute atomic E-state index is 0.157. The first-order chi connectivity index (χ1) is 13.0. The fourth-order valence-corrected chi connectivity index (χ4v) is 4.78. The second kappa shape index (κ2) is 7.24. The first-order valence-corrected chi connectivity index (χ1v) is 10.2. The summed E-state index contributed by atoms with van der Waals surface area (Å²) in [5.74, 6) is 0.157.